The molecule has 0 aromatic rings. The quantitative estimate of drug-likeness (QED) is 0.277. The van der Waals surface area contributed by atoms with Gasteiger partial charge in [-0.1, -0.05) is 31.9 Å². The largest absolute Gasteiger partial charge is 0.461 e. The minimum atomic E-state index is -0.112. The van der Waals surface area contributed by atoms with Crippen molar-refractivity contribution < 1.29 is 9.53 Å². The Morgan fingerprint density at radius 1 is 1.21 bits per heavy atom. The predicted molar refractivity (Wildman–Crippen MR) is 62.7 cm³/mol. The lowest BCUT2D eigenvalue weighted by Crippen LogP contribution is -2.03. The van der Waals surface area contributed by atoms with Gasteiger partial charge in [0.2, 0.25) is 0 Å². The minimum absolute atomic E-state index is 0.112. The first-order valence-electron chi connectivity index (χ1n) is 5.18. The third-order valence-corrected chi connectivity index (χ3v) is 2.22. The molecular formula is C11H20O2S. The van der Waals surface area contributed by atoms with Crippen LogP contribution in [0.4, 0.5) is 0 Å². The molecule has 0 aliphatic carbocycles. The van der Waals surface area contributed by atoms with E-state index >= 15 is 0 Å². The Morgan fingerprint density at radius 3 is 2.50 bits per heavy atom. The smallest absolute Gasteiger partial charge is 0.306 e. The molecule has 0 rings (SSSR count). The topological polar surface area (TPSA) is 26.3 Å². The van der Waals surface area contributed by atoms with E-state index in [0.717, 1.165) is 18.6 Å². The molecule has 0 unspecified atom stereocenters. The van der Waals surface area contributed by atoms with Crippen LogP contribution >= 0.6 is 12.6 Å². The third-order valence-electron chi connectivity index (χ3n) is 1.90. The van der Waals surface area contributed by atoms with Gasteiger partial charge in [-0.2, -0.15) is 12.6 Å². The standard InChI is InChI=1S/C11H20O2S/c1-2-9-13-11(12)8-6-4-3-5-7-10-14/h2,14H,1,3-10H2. The number of unbranched alkanes of at least 4 members (excludes halogenated alkanes) is 4. The van der Waals surface area contributed by atoms with Gasteiger partial charge >= 0.3 is 5.97 Å². The van der Waals surface area contributed by atoms with Crippen LogP contribution in [-0.2, 0) is 9.53 Å². The second kappa shape index (κ2) is 10.6. The van der Waals surface area contributed by atoms with Crippen molar-refractivity contribution in [1.29, 1.82) is 0 Å². The summed E-state index contributed by atoms with van der Waals surface area (Å²) in [4.78, 5) is 11.0. The van der Waals surface area contributed by atoms with Gasteiger partial charge in [0.05, 0.1) is 0 Å². The fraction of sp³-hybridized carbons (Fsp3) is 0.727. The van der Waals surface area contributed by atoms with Crippen molar-refractivity contribution in [3.63, 3.8) is 0 Å². The maximum Gasteiger partial charge on any atom is 0.306 e. The fourth-order valence-electron chi connectivity index (χ4n) is 1.14. The normalized spacial score (nSPS) is 9.79. The molecule has 0 aromatic carbocycles. The van der Waals surface area contributed by atoms with Gasteiger partial charge in [0.15, 0.2) is 0 Å². The number of carbonyl (C=O) groups excluding carboxylic acids is 1. The molecule has 0 N–H and O–H groups in total. The maximum atomic E-state index is 11.0. The molecule has 0 aliphatic rings. The van der Waals surface area contributed by atoms with Crippen LogP contribution in [0, 0.1) is 0 Å². The van der Waals surface area contributed by atoms with Crippen LogP contribution in [0.15, 0.2) is 12.7 Å². The van der Waals surface area contributed by atoms with Gasteiger partial charge in [-0.3, -0.25) is 4.79 Å². The number of rotatable bonds is 9. The number of ether oxygens (including phenoxy) is 1. The molecule has 14 heavy (non-hydrogen) atoms. The van der Waals surface area contributed by atoms with Gasteiger partial charge in [0, 0.05) is 6.42 Å². The number of hydrogen-bond donors (Lipinski definition) is 1. The van der Waals surface area contributed by atoms with Crippen molar-refractivity contribution in [3.05, 3.63) is 12.7 Å². The van der Waals surface area contributed by atoms with Gasteiger partial charge < -0.3 is 4.74 Å². The van der Waals surface area contributed by atoms with E-state index in [9.17, 15) is 4.79 Å². The van der Waals surface area contributed by atoms with Crippen LogP contribution in [0.2, 0.25) is 0 Å². The van der Waals surface area contributed by atoms with Crippen molar-refractivity contribution in [3.8, 4) is 0 Å². The Hall–Kier alpha value is -0.440. The molecule has 0 bridgehead atoms. The zero-order chi connectivity index (χ0) is 10.6. The summed E-state index contributed by atoms with van der Waals surface area (Å²) >= 11 is 4.13. The molecule has 0 aliphatic heterocycles. The average Bonchev–Trinajstić information content (AvgIpc) is 2.20. The summed E-state index contributed by atoms with van der Waals surface area (Å²) in [6, 6.07) is 0. The summed E-state index contributed by atoms with van der Waals surface area (Å²) in [6.07, 6.45) is 7.74. The first-order valence-corrected chi connectivity index (χ1v) is 5.82. The van der Waals surface area contributed by atoms with Gasteiger partial charge in [-0.05, 0) is 18.6 Å². The molecule has 0 fully saturated rings. The number of carbonyl (C=O) groups is 1. The molecule has 3 heteroatoms. The van der Waals surface area contributed by atoms with Gasteiger partial charge in [-0.15, -0.1) is 0 Å². The Balaban J connectivity index is 3.10. The summed E-state index contributed by atoms with van der Waals surface area (Å²) in [6.45, 7) is 3.81. The molecular weight excluding hydrogens is 196 g/mol. The van der Waals surface area contributed by atoms with Gasteiger partial charge in [-0.25, -0.2) is 0 Å². The minimum Gasteiger partial charge on any atom is -0.461 e. The zero-order valence-corrected chi connectivity index (χ0v) is 9.60. The van der Waals surface area contributed by atoms with Crippen LogP contribution in [0.5, 0.6) is 0 Å². The SMILES string of the molecule is C=CCOC(=O)CCCCCCCS. The van der Waals surface area contributed by atoms with E-state index in [2.05, 4.69) is 19.2 Å². The van der Waals surface area contributed by atoms with E-state index in [1.54, 1.807) is 6.08 Å². The summed E-state index contributed by atoms with van der Waals surface area (Å²) < 4.78 is 4.85. The van der Waals surface area contributed by atoms with Crippen LogP contribution in [0.3, 0.4) is 0 Å². The molecule has 0 heterocycles. The Labute approximate surface area is 92.1 Å². The number of hydrogen-bond acceptors (Lipinski definition) is 3. The lowest BCUT2D eigenvalue weighted by molar-refractivity contribution is -0.142. The number of thiol groups is 1. The molecule has 2 nitrogen and oxygen atoms in total. The van der Waals surface area contributed by atoms with Crippen LogP contribution in [0.1, 0.15) is 38.5 Å². The monoisotopic (exact) mass is 216 g/mol. The maximum absolute atomic E-state index is 11.0. The molecule has 0 spiro atoms. The highest BCUT2D eigenvalue weighted by molar-refractivity contribution is 7.80. The highest BCUT2D eigenvalue weighted by Crippen LogP contribution is 2.06. The molecule has 82 valence electrons. The van der Waals surface area contributed by atoms with Crippen molar-refractivity contribution in [2.45, 2.75) is 38.5 Å². The van der Waals surface area contributed by atoms with Gasteiger partial charge in [0.1, 0.15) is 6.61 Å². The molecule has 0 atom stereocenters. The van der Waals surface area contributed by atoms with Crippen molar-refractivity contribution >= 4 is 18.6 Å². The Kier molecular flexibility index (Phi) is 10.3. The summed E-state index contributed by atoms with van der Waals surface area (Å²) in [5.41, 5.74) is 0. The third kappa shape index (κ3) is 9.65. The lowest BCUT2D eigenvalue weighted by Gasteiger charge is -2.01. The summed E-state index contributed by atoms with van der Waals surface area (Å²) in [7, 11) is 0. The van der Waals surface area contributed by atoms with E-state index in [4.69, 9.17) is 4.74 Å². The first kappa shape index (κ1) is 13.6. The number of esters is 1. The molecule has 0 radical (unpaired) electrons. The molecule has 0 saturated heterocycles. The van der Waals surface area contributed by atoms with E-state index in [-0.39, 0.29) is 5.97 Å². The predicted octanol–water partition coefficient (Wildman–Crippen LogP) is 2.99. The second-order valence-electron chi connectivity index (χ2n) is 3.21. The van der Waals surface area contributed by atoms with E-state index in [1.807, 2.05) is 0 Å². The zero-order valence-electron chi connectivity index (χ0n) is 8.71. The van der Waals surface area contributed by atoms with E-state index in [1.165, 1.54) is 19.3 Å². The van der Waals surface area contributed by atoms with Crippen molar-refractivity contribution in [1.82, 2.24) is 0 Å². The molecule has 0 saturated carbocycles. The molecule has 0 aromatic heterocycles. The van der Waals surface area contributed by atoms with Gasteiger partial charge in [0.25, 0.3) is 0 Å². The highest BCUT2D eigenvalue weighted by Gasteiger charge is 2.00. The van der Waals surface area contributed by atoms with Crippen LogP contribution < -0.4 is 0 Å². The van der Waals surface area contributed by atoms with Crippen molar-refractivity contribution in [2.75, 3.05) is 12.4 Å². The van der Waals surface area contributed by atoms with Crippen molar-refractivity contribution in [2.24, 2.45) is 0 Å². The Bertz CT molecular complexity index is 157. The van der Waals surface area contributed by atoms with E-state index < -0.39 is 0 Å². The second-order valence-corrected chi connectivity index (χ2v) is 3.66. The first-order chi connectivity index (χ1) is 6.81. The van der Waals surface area contributed by atoms with Crippen LogP contribution in [-0.4, -0.2) is 18.3 Å². The van der Waals surface area contributed by atoms with Crippen LogP contribution in [0.25, 0.3) is 0 Å². The highest BCUT2D eigenvalue weighted by atomic mass is 32.1. The molecule has 0 amide bonds. The lowest BCUT2D eigenvalue weighted by atomic mass is 10.1. The average molecular weight is 216 g/mol. The fourth-order valence-corrected chi connectivity index (χ4v) is 1.36. The Morgan fingerprint density at radius 2 is 1.86 bits per heavy atom. The summed E-state index contributed by atoms with van der Waals surface area (Å²) in [5, 5.41) is 0. The van der Waals surface area contributed by atoms with E-state index in [0.29, 0.717) is 13.0 Å². The summed E-state index contributed by atoms with van der Waals surface area (Å²) in [5.74, 6) is 0.848.